The Balaban J connectivity index is 2.43. The zero-order valence-corrected chi connectivity index (χ0v) is 10.2. The number of ketones is 1. The highest BCUT2D eigenvalue weighted by molar-refractivity contribution is 8.00. The monoisotopic (exact) mass is 220 g/mol. The number of hydrogen-bond donors (Lipinski definition) is 0. The van der Waals surface area contributed by atoms with Gasteiger partial charge in [-0.1, -0.05) is 32.0 Å². The van der Waals surface area contributed by atoms with E-state index in [1.54, 1.807) is 11.8 Å². The zero-order valence-electron chi connectivity index (χ0n) is 9.41. The first-order chi connectivity index (χ1) is 7.11. The van der Waals surface area contributed by atoms with Crippen molar-refractivity contribution < 1.29 is 4.79 Å². The summed E-state index contributed by atoms with van der Waals surface area (Å²) in [4.78, 5) is 12.2. The van der Waals surface area contributed by atoms with Crippen LogP contribution in [-0.4, -0.2) is 11.0 Å². The zero-order chi connectivity index (χ0) is 11.0. The van der Waals surface area contributed by atoms with Gasteiger partial charge in [-0.3, -0.25) is 4.79 Å². The van der Waals surface area contributed by atoms with Crippen molar-refractivity contribution in [1.82, 2.24) is 0 Å². The highest BCUT2D eigenvalue weighted by Crippen LogP contribution is 2.35. The molecular weight excluding hydrogens is 204 g/mol. The standard InChI is InChI=1S/C13H16OS/c1-8(2)13-12(14)10-6-4-5-9(3)11(10)7-15-13/h4-6,8,13H,7H2,1-3H3. The molecule has 1 aromatic rings. The van der Waals surface area contributed by atoms with Gasteiger partial charge in [-0.15, -0.1) is 11.8 Å². The second kappa shape index (κ2) is 4.01. The smallest absolute Gasteiger partial charge is 0.176 e. The molecule has 2 heteroatoms. The van der Waals surface area contributed by atoms with Crippen LogP contribution in [0.4, 0.5) is 0 Å². The molecule has 1 unspecified atom stereocenters. The van der Waals surface area contributed by atoms with Crippen LogP contribution in [0.25, 0.3) is 0 Å². The second-order valence-corrected chi connectivity index (χ2v) is 5.57. The van der Waals surface area contributed by atoms with Gasteiger partial charge in [0.1, 0.15) is 0 Å². The number of thioether (sulfide) groups is 1. The maximum atomic E-state index is 12.2. The van der Waals surface area contributed by atoms with Crippen LogP contribution in [0.1, 0.15) is 35.3 Å². The summed E-state index contributed by atoms with van der Waals surface area (Å²) >= 11 is 1.79. The van der Waals surface area contributed by atoms with Crippen molar-refractivity contribution in [2.24, 2.45) is 5.92 Å². The molecule has 0 fully saturated rings. The summed E-state index contributed by atoms with van der Waals surface area (Å²) in [5, 5.41) is 0.152. The molecule has 0 spiro atoms. The Morgan fingerprint density at radius 3 is 2.80 bits per heavy atom. The Morgan fingerprint density at radius 1 is 1.40 bits per heavy atom. The first-order valence-electron chi connectivity index (χ1n) is 5.35. The van der Waals surface area contributed by atoms with Crippen LogP contribution in [0, 0.1) is 12.8 Å². The molecule has 1 aliphatic heterocycles. The van der Waals surface area contributed by atoms with Crippen LogP contribution in [-0.2, 0) is 5.75 Å². The topological polar surface area (TPSA) is 17.1 Å². The summed E-state index contributed by atoms with van der Waals surface area (Å²) in [5.74, 6) is 1.73. The molecule has 0 N–H and O–H groups in total. The molecule has 0 aliphatic carbocycles. The molecule has 1 heterocycles. The van der Waals surface area contributed by atoms with Crippen molar-refractivity contribution in [1.29, 1.82) is 0 Å². The van der Waals surface area contributed by atoms with E-state index in [1.807, 2.05) is 12.1 Å². The fraction of sp³-hybridized carbons (Fsp3) is 0.462. The lowest BCUT2D eigenvalue weighted by molar-refractivity contribution is 0.0973. The Labute approximate surface area is 95.3 Å². The lowest BCUT2D eigenvalue weighted by Gasteiger charge is -2.26. The minimum Gasteiger partial charge on any atom is -0.293 e. The predicted molar refractivity (Wildman–Crippen MR) is 65.4 cm³/mol. The number of fused-ring (bicyclic) bond motifs is 1. The minimum absolute atomic E-state index is 0.152. The Hall–Kier alpha value is -0.760. The van der Waals surface area contributed by atoms with Crippen molar-refractivity contribution in [2.75, 3.05) is 0 Å². The van der Waals surface area contributed by atoms with Gasteiger partial charge >= 0.3 is 0 Å². The van der Waals surface area contributed by atoms with Crippen LogP contribution in [0.5, 0.6) is 0 Å². The van der Waals surface area contributed by atoms with Crippen molar-refractivity contribution in [2.45, 2.75) is 31.8 Å². The number of Topliss-reactive ketones (excluding diaryl/α,β-unsaturated/α-hetero) is 1. The van der Waals surface area contributed by atoms with E-state index in [0.29, 0.717) is 11.7 Å². The molecular formula is C13H16OS. The molecule has 0 saturated carbocycles. The van der Waals surface area contributed by atoms with Crippen LogP contribution < -0.4 is 0 Å². The summed E-state index contributed by atoms with van der Waals surface area (Å²) in [7, 11) is 0. The van der Waals surface area contributed by atoms with Crippen molar-refractivity contribution >= 4 is 17.5 Å². The van der Waals surface area contributed by atoms with Crippen LogP contribution >= 0.6 is 11.8 Å². The fourth-order valence-corrected chi connectivity index (χ4v) is 3.41. The molecule has 0 saturated heterocycles. The van der Waals surface area contributed by atoms with E-state index in [-0.39, 0.29) is 5.25 Å². The average Bonchev–Trinajstić information content (AvgIpc) is 2.19. The number of aryl methyl sites for hydroxylation is 1. The third-order valence-corrected chi connectivity index (χ3v) is 4.52. The quantitative estimate of drug-likeness (QED) is 0.721. The number of rotatable bonds is 1. The SMILES string of the molecule is Cc1cccc2c1CSC(C(C)C)C2=O. The van der Waals surface area contributed by atoms with E-state index >= 15 is 0 Å². The summed E-state index contributed by atoms with van der Waals surface area (Å²) in [6.07, 6.45) is 0. The Morgan fingerprint density at radius 2 is 2.13 bits per heavy atom. The molecule has 0 amide bonds. The van der Waals surface area contributed by atoms with Crippen LogP contribution in [0.2, 0.25) is 0 Å². The van der Waals surface area contributed by atoms with Gasteiger partial charge in [-0.05, 0) is 24.0 Å². The van der Waals surface area contributed by atoms with E-state index in [2.05, 4.69) is 26.8 Å². The Bertz CT molecular complexity index is 396. The molecule has 1 nitrogen and oxygen atoms in total. The van der Waals surface area contributed by atoms with Gasteiger partial charge in [0.15, 0.2) is 5.78 Å². The van der Waals surface area contributed by atoms with Gasteiger partial charge in [-0.25, -0.2) is 0 Å². The van der Waals surface area contributed by atoms with Gasteiger partial charge < -0.3 is 0 Å². The molecule has 0 bridgehead atoms. The Kier molecular flexibility index (Phi) is 2.87. The minimum atomic E-state index is 0.152. The lowest BCUT2D eigenvalue weighted by atomic mass is 9.94. The fourth-order valence-electron chi connectivity index (χ4n) is 2.02. The van der Waals surface area contributed by atoms with Crippen molar-refractivity contribution in [3.63, 3.8) is 0 Å². The third-order valence-electron chi connectivity index (χ3n) is 2.95. The van der Waals surface area contributed by atoms with E-state index in [1.165, 1.54) is 11.1 Å². The summed E-state index contributed by atoms with van der Waals surface area (Å²) in [6.45, 7) is 6.33. The maximum Gasteiger partial charge on any atom is 0.176 e. The maximum absolute atomic E-state index is 12.2. The number of hydrogen-bond acceptors (Lipinski definition) is 2. The normalized spacial score (nSPS) is 20.5. The van der Waals surface area contributed by atoms with Gasteiger partial charge in [-0.2, -0.15) is 0 Å². The first-order valence-corrected chi connectivity index (χ1v) is 6.40. The molecule has 80 valence electrons. The van der Waals surface area contributed by atoms with Crippen LogP contribution in [0.3, 0.4) is 0 Å². The average molecular weight is 220 g/mol. The molecule has 0 aromatic heterocycles. The van der Waals surface area contributed by atoms with E-state index in [9.17, 15) is 4.79 Å². The van der Waals surface area contributed by atoms with Gasteiger partial charge in [0.2, 0.25) is 0 Å². The summed E-state index contributed by atoms with van der Waals surface area (Å²) in [6, 6.07) is 6.04. The molecule has 1 aliphatic rings. The summed E-state index contributed by atoms with van der Waals surface area (Å²) < 4.78 is 0. The largest absolute Gasteiger partial charge is 0.293 e. The predicted octanol–water partition coefficient (Wildman–Crippen LogP) is 3.45. The first kappa shape index (κ1) is 10.7. The molecule has 0 radical (unpaired) electrons. The number of carbonyl (C=O) groups is 1. The third kappa shape index (κ3) is 1.83. The van der Waals surface area contributed by atoms with Crippen LogP contribution in [0.15, 0.2) is 18.2 Å². The lowest BCUT2D eigenvalue weighted by Crippen LogP contribution is -2.28. The molecule has 15 heavy (non-hydrogen) atoms. The van der Waals surface area contributed by atoms with Gasteiger partial charge in [0, 0.05) is 11.3 Å². The molecule has 1 atom stereocenters. The number of carbonyl (C=O) groups excluding carboxylic acids is 1. The van der Waals surface area contributed by atoms with E-state index in [0.717, 1.165) is 11.3 Å². The van der Waals surface area contributed by atoms with Gasteiger partial charge in [0.25, 0.3) is 0 Å². The van der Waals surface area contributed by atoms with Gasteiger partial charge in [0.05, 0.1) is 5.25 Å². The second-order valence-electron chi connectivity index (χ2n) is 4.44. The number of benzene rings is 1. The van der Waals surface area contributed by atoms with E-state index < -0.39 is 0 Å². The highest BCUT2D eigenvalue weighted by Gasteiger charge is 2.30. The molecule has 2 rings (SSSR count). The van der Waals surface area contributed by atoms with E-state index in [4.69, 9.17) is 0 Å². The highest BCUT2D eigenvalue weighted by atomic mass is 32.2. The summed E-state index contributed by atoms with van der Waals surface area (Å²) in [5.41, 5.74) is 3.44. The molecule has 1 aromatic carbocycles. The van der Waals surface area contributed by atoms with Crippen molar-refractivity contribution in [3.8, 4) is 0 Å². The van der Waals surface area contributed by atoms with Crippen molar-refractivity contribution in [3.05, 3.63) is 34.9 Å².